The molecule has 2 unspecified atom stereocenters. The van der Waals surface area contributed by atoms with Gasteiger partial charge in [-0.2, -0.15) is 0 Å². The number of nitrogens with zero attached hydrogens (tertiary/aromatic N) is 2. The number of Topliss-reactive ketones (excluding diaryl/α,β-unsaturated/α-hetero) is 1. The van der Waals surface area contributed by atoms with Crippen LogP contribution in [-0.2, 0) is 17.6 Å². The lowest BCUT2D eigenvalue weighted by Crippen LogP contribution is -2.35. The van der Waals surface area contributed by atoms with Gasteiger partial charge < -0.3 is 10.6 Å². The molecule has 0 bridgehead atoms. The van der Waals surface area contributed by atoms with Crippen LogP contribution in [0, 0.1) is 17.7 Å². The van der Waals surface area contributed by atoms with Crippen LogP contribution in [0.25, 0.3) is 0 Å². The molecule has 2 N–H and O–H groups in total. The average Bonchev–Trinajstić information content (AvgIpc) is 3.29. The smallest absolute Gasteiger partial charge is 0.266 e. The van der Waals surface area contributed by atoms with Crippen LogP contribution >= 0.6 is 11.6 Å². The Labute approximate surface area is 224 Å². The van der Waals surface area contributed by atoms with Crippen molar-refractivity contribution in [3.8, 4) is 0 Å². The first-order valence-corrected chi connectivity index (χ1v) is 13.4. The number of fused-ring (bicyclic) bond motifs is 1. The van der Waals surface area contributed by atoms with E-state index >= 15 is 0 Å². The third-order valence-corrected chi connectivity index (χ3v) is 7.66. The van der Waals surface area contributed by atoms with E-state index in [0.29, 0.717) is 43.7 Å². The summed E-state index contributed by atoms with van der Waals surface area (Å²) in [5.41, 5.74) is 0.900. The molecular formula is C27H32ClF5N4O. The molecule has 1 aromatic carbocycles. The third-order valence-electron chi connectivity index (χ3n) is 7.49. The molecule has 2 heterocycles. The van der Waals surface area contributed by atoms with Gasteiger partial charge in [0.25, 0.3) is 12.3 Å². The molecule has 11 heteroatoms. The third kappa shape index (κ3) is 7.00. The molecular weight excluding hydrogens is 527 g/mol. The highest BCUT2D eigenvalue weighted by Crippen LogP contribution is 2.37. The number of nitrogens with one attached hydrogen (secondary N) is 2. The zero-order valence-corrected chi connectivity index (χ0v) is 21.9. The van der Waals surface area contributed by atoms with E-state index in [9.17, 15) is 26.7 Å². The van der Waals surface area contributed by atoms with Crippen LogP contribution in [-0.4, -0.2) is 34.8 Å². The highest BCUT2D eigenvalue weighted by molar-refractivity contribution is 6.28. The highest BCUT2D eigenvalue weighted by Gasteiger charge is 2.36. The summed E-state index contributed by atoms with van der Waals surface area (Å²) in [6.45, 7) is 1.77. The van der Waals surface area contributed by atoms with Crippen LogP contribution in [0.3, 0.4) is 0 Å². The molecule has 5 nitrogen and oxygen atoms in total. The molecule has 4 rings (SSSR count). The van der Waals surface area contributed by atoms with Crippen LogP contribution in [0.4, 0.5) is 27.8 Å². The van der Waals surface area contributed by atoms with E-state index in [1.54, 1.807) is 6.92 Å². The van der Waals surface area contributed by atoms with Crippen molar-refractivity contribution in [3.05, 3.63) is 51.7 Å². The van der Waals surface area contributed by atoms with Gasteiger partial charge >= 0.3 is 0 Å². The van der Waals surface area contributed by atoms with E-state index in [1.165, 1.54) is 12.1 Å². The molecule has 1 fully saturated rings. The van der Waals surface area contributed by atoms with Crippen LogP contribution in [0.15, 0.2) is 18.2 Å². The van der Waals surface area contributed by atoms with Crippen molar-refractivity contribution in [3.63, 3.8) is 0 Å². The van der Waals surface area contributed by atoms with E-state index in [1.807, 2.05) is 0 Å². The summed E-state index contributed by atoms with van der Waals surface area (Å²) < 4.78 is 69.5. The normalized spacial score (nSPS) is 22.3. The quantitative estimate of drug-likeness (QED) is 0.274. The molecule has 1 aliphatic heterocycles. The maximum absolute atomic E-state index is 14.7. The van der Waals surface area contributed by atoms with Crippen molar-refractivity contribution in [2.24, 2.45) is 11.8 Å². The zero-order valence-electron chi connectivity index (χ0n) is 21.2. The molecule has 0 spiro atoms. The Balaban J connectivity index is 1.41. The fourth-order valence-corrected chi connectivity index (χ4v) is 5.65. The summed E-state index contributed by atoms with van der Waals surface area (Å²) in [5, 5.41) is 5.86. The molecule has 2 aliphatic rings. The number of halogens is 6. The van der Waals surface area contributed by atoms with Gasteiger partial charge in [-0.15, -0.1) is 0 Å². The number of hydrogen-bond donors (Lipinski definition) is 2. The largest absolute Gasteiger partial charge is 0.363 e. The minimum atomic E-state index is -2.93. The second-order valence-corrected chi connectivity index (χ2v) is 10.7. The van der Waals surface area contributed by atoms with Crippen molar-refractivity contribution < 1.29 is 26.7 Å². The zero-order chi connectivity index (χ0) is 27.4. The first-order chi connectivity index (χ1) is 18.0. The summed E-state index contributed by atoms with van der Waals surface area (Å²) in [6, 6.07) is 3.20. The van der Waals surface area contributed by atoms with Crippen molar-refractivity contribution >= 4 is 23.2 Å². The van der Waals surface area contributed by atoms with Crippen molar-refractivity contribution in [2.75, 3.05) is 18.4 Å². The van der Waals surface area contributed by atoms with Gasteiger partial charge in [0, 0.05) is 29.9 Å². The van der Waals surface area contributed by atoms with Gasteiger partial charge in [-0.25, -0.2) is 31.9 Å². The van der Waals surface area contributed by atoms with Crippen molar-refractivity contribution in [1.82, 2.24) is 15.3 Å². The average molecular weight is 559 g/mol. The van der Waals surface area contributed by atoms with Gasteiger partial charge in [-0.05, 0) is 63.1 Å². The van der Waals surface area contributed by atoms with E-state index in [4.69, 9.17) is 11.6 Å². The Bertz CT molecular complexity index is 1150. The van der Waals surface area contributed by atoms with Gasteiger partial charge in [0.05, 0.1) is 23.8 Å². The Morgan fingerprint density at radius 3 is 2.74 bits per heavy atom. The minimum absolute atomic E-state index is 0.00148. The number of carbonyl (C=O) groups is 1. The van der Waals surface area contributed by atoms with E-state index in [0.717, 1.165) is 24.5 Å². The molecule has 0 saturated carbocycles. The fraction of sp³-hybridized carbons (Fsp3) is 0.593. The Morgan fingerprint density at radius 1 is 1.21 bits per heavy atom. The molecule has 1 aliphatic carbocycles. The van der Waals surface area contributed by atoms with Gasteiger partial charge in [0.15, 0.2) is 0 Å². The van der Waals surface area contributed by atoms with E-state index < -0.39 is 48.7 Å². The Morgan fingerprint density at radius 2 is 1.97 bits per heavy atom. The Kier molecular flexibility index (Phi) is 9.23. The van der Waals surface area contributed by atoms with E-state index in [-0.39, 0.29) is 29.0 Å². The molecule has 3 atom stereocenters. The first kappa shape index (κ1) is 28.7. The Hall–Kier alpha value is -2.33. The lowest BCUT2D eigenvalue weighted by atomic mass is 9.87. The van der Waals surface area contributed by atoms with Gasteiger partial charge in [0.2, 0.25) is 5.28 Å². The molecule has 1 saturated heterocycles. The highest BCUT2D eigenvalue weighted by atomic mass is 35.5. The molecule has 0 amide bonds. The van der Waals surface area contributed by atoms with E-state index in [2.05, 4.69) is 20.6 Å². The minimum Gasteiger partial charge on any atom is -0.363 e. The number of rotatable bonds is 8. The number of hydrogen-bond acceptors (Lipinski definition) is 5. The molecule has 1 aromatic heterocycles. The second-order valence-electron chi connectivity index (χ2n) is 10.4. The van der Waals surface area contributed by atoms with Crippen LogP contribution in [0.5, 0.6) is 0 Å². The summed E-state index contributed by atoms with van der Waals surface area (Å²) in [6.07, 6.45) is 0.424. The first-order valence-electron chi connectivity index (χ1n) is 13.0. The molecule has 2 aromatic rings. The maximum atomic E-state index is 14.7. The lowest BCUT2D eigenvalue weighted by Gasteiger charge is -2.22. The summed E-state index contributed by atoms with van der Waals surface area (Å²) >= 11 is 6.14. The molecule has 208 valence electrons. The van der Waals surface area contributed by atoms with Crippen molar-refractivity contribution in [2.45, 2.75) is 76.7 Å². The van der Waals surface area contributed by atoms with Crippen molar-refractivity contribution in [1.29, 1.82) is 0 Å². The number of benzene rings is 1. The number of anilines is 1. The monoisotopic (exact) mass is 558 g/mol. The van der Waals surface area contributed by atoms with Crippen LogP contribution in [0.2, 0.25) is 5.28 Å². The predicted octanol–water partition coefficient (Wildman–Crippen LogP) is 6.86. The molecule has 0 radical (unpaired) electrons. The topological polar surface area (TPSA) is 66.9 Å². The van der Waals surface area contributed by atoms with Gasteiger partial charge in [-0.3, -0.25) is 4.79 Å². The summed E-state index contributed by atoms with van der Waals surface area (Å²) in [7, 11) is 0. The lowest BCUT2D eigenvalue weighted by molar-refractivity contribution is -0.127. The SMILES string of the molecule is C[C@@H](Nc1nc(Cl)nc2c1CC(CCC(=O)C1CCCCNCC(F)(F)C1)C2)c1cccc(C(F)F)c1F. The maximum Gasteiger partial charge on any atom is 0.266 e. The number of aromatic nitrogens is 2. The van der Waals surface area contributed by atoms with Gasteiger partial charge in [-0.1, -0.05) is 24.6 Å². The van der Waals surface area contributed by atoms with Crippen LogP contribution < -0.4 is 10.6 Å². The van der Waals surface area contributed by atoms with Crippen LogP contribution in [0.1, 0.15) is 80.3 Å². The predicted molar refractivity (Wildman–Crippen MR) is 135 cm³/mol. The number of carbonyl (C=O) groups excluding carboxylic acids is 1. The van der Waals surface area contributed by atoms with Gasteiger partial charge in [0.1, 0.15) is 17.4 Å². The second kappa shape index (κ2) is 12.2. The number of ketones is 1. The fourth-order valence-electron chi connectivity index (χ4n) is 5.47. The molecule has 38 heavy (non-hydrogen) atoms. The number of alkyl halides is 4. The standard InChI is InChI=1S/C27H32ClF5N4O/c1-15(18-6-4-7-19(23(18)29)24(30)31)35-25-20-11-16(12-21(20)36-26(28)37-25)8-9-22(38)17-5-2-3-10-34-14-27(32,33)13-17/h4,6-7,15-17,24,34H,2-3,5,8-14H2,1H3,(H,35,36,37)/t15-,16?,17?/m1/s1. The summed E-state index contributed by atoms with van der Waals surface area (Å²) in [4.78, 5) is 21.5. The summed E-state index contributed by atoms with van der Waals surface area (Å²) in [5.74, 6) is -4.22.